The fourth-order valence-corrected chi connectivity index (χ4v) is 4.58. The smallest absolute Gasteiger partial charge is 0.262 e. The largest absolute Gasteiger partial charge is 0.497 e. The number of hydrogen-bond acceptors (Lipinski definition) is 6. The molecule has 34 heavy (non-hydrogen) atoms. The van der Waals surface area contributed by atoms with Crippen molar-refractivity contribution in [1.82, 2.24) is 9.91 Å². The first-order chi connectivity index (χ1) is 16.4. The van der Waals surface area contributed by atoms with Crippen LogP contribution in [0, 0.1) is 5.82 Å². The van der Waals surface area contributed by atoms with E-state index in [9.17, 15) is 14.0 Å². The first-order valence-corrected chi connectivity index (χ1v) is 11.5. The Hall–Kier alpha value is -3.72. The molecule has 0 bridgehead atoms. The summed E-state index contributed by atoms with van der Waals surface area (Å²) in [5.41, 5.74) is 1.70. The van der Waals surface area contributed by atoms with Crippen molar-refractivity contribution >= 4 is 28.9 Å². The molecule has 2 amide bonds. The Bertz CT molecular complexity index is 1230. The zero-order valence-corrected chi connectivity index (χ0v) is 19.8. The predicted octanol–water partition coefficient (Wildman–Crippen LogP) is 4.35. The third-order valence-electron chi connectivity index (χ3n) is 5.56. The predicted molar refractivity (Wildman–Crippen MR) is 128 cm³/mol. The van der Waals surface area contributed by atoms with Gasteiger partial charge in [-0.1, -0.05) is 12.1 Å². The Morgan fingerprint density at radius 1 is 1.15 bits per heavy atom. The molecule has 0 unspecified atom stereocenters. The molecule has 3 aromatic rings. The summed E-state index contributed by atoms with van der Waals surface area (Å²) in [4.78, 5) is 28.4. The van der Waals surface area contributed by atoms with Crippen LogP contribution in [0.4, 0.5) is 4.39 Å². The molecule has 1 aromatic heterocycles. The second kappa shape index (κ2) is 10.0. The van der Waals surface area contributed by atoms with Gasteiger partial charge in [0.15, 0.2) is 0 Å². The molecule has 7 nitrogen and oxygen atoms in total. The Morgan fingerprint density at radius 2 is 1.97 bits per heavy atom. The fourth-order valence-electron chi connectivity index (χ4n) is 3.86. The van der Waals surface area contributed by atoms with Gasteiger partial charge in [0.1, 0.15) is 23.9 Å². The van der Waals surface area contributed by atoms with E-state index in [2.05, 4.69) is 5.10 Å². The highest BCUT2D eigenvalue weighted by Crippen LogP contribution is 2.39. The summed E-state index contributed by atoms with van der Waals surface area (Å²) in [6, 6.07) is 14.2. The molecular weight excluding hydrogens is 457 g/mol. The zero-order chi connectivity index (χ0) is 24.2. The van der Waals surface area contributed by atoms with E-state index in [1.807, 2.05) is 23.6 Å². The number of thiophene rings is 1. The lowest BCUT2D eigenvalue weighted by atomic mass is 9.99. The second-order valence-electron chi connectivity index (χ2n) is 7.76. The van der Waals surface area contributed by atoms with Crippen LogP contribution in [0.1, 0.15) is 33.3 Å². The first kappa shape index (κ1) is 23.4. The first-order valence-electron chi connectivity index (χ1n) is 10.6. The number of ether oxygens (including phenoxy) is 2. The summed E-state index contributed by atoms with van der Waals surface area (Å²) in [6.07, 6.45) is 0.483. The molecule has 1 atom stereocenters. The number of benzene rings is 2. The molecule has 0 saturated heterocycles. The number of hydrazone groups is 1. The molecule has 0 spiro atoms. The van der Waals surface area contributed by atoms with E-state index in [0.717, 1.165) is 22.2 Å². The van der Waals surface area contributed by atoms with Crippen LogP contribution >= 0.6 is 11.3 Å². The molecule has 2 heterocycles. The van der Waals surface area contributed by atoms with Crippen molar-refractivity contribution in [3.05, 3.63) is 81.8 Å². The number of methoxy groups -OCH3 is 2. The monoisotopic (exact) mass is 481 g/mol. The number of amides is 2. The highest BCUT2D eigenvalue weighted by atomic mass is 32.1. The lowest BCUT2D eigenvalue weighted by molar-refractivity contribution is -0.133. The topological polar surface area (TPSA) is 71.4 Å². The number of halogens is 1. The lowest BCUT2D eigenvalue weighted by Crippen LogP contribution is -2.39. The summed E-state index contributed by atoms with van der Waals surface area (Å²) >= 11 is 1.54. The molecule has 0 fully saturated rings. The van der Waals surface area contributed by atoms with Crippen LogP contribution < -0.4 is 9.47 Å². The average molecular weight is 482 g/mol. The van der Waals surface area contributed by atoms with Gasteiger partial charge in [0.25, 0.3) is 11.8 Å². The summed E-state index contributed by atoms with van der Waals surface area (Å²) in [7, 11) is 4.65. The molecule has 2 aromatic carbocycles. The normalized spacial score (nSPS) is 15.1. The van der Waals surface area contributed by atoms with Crippen molar-refractivity contribution < 1.29 is 23.5 Å². The van der Waals surface area contributed by atoms with E-state index in [0.29, 0.717) is 17.9 Å². The van der Waals surface area contributed by atoms with Crippen LogP contribution in [-0.4, -0.2) is 55.2 Å². The third-order valence-corrected chi connectivity index (χ3v) is 6.48. The number of rotatable bonds is 7. The SMILES string of the molecule is COc1ccc(OC)c([C@@H]2CC(c3cccs3)=NN2C(=O)CN(C)C(=O)c2cccc(F)c2)c1. The molecule has 176 valence electrons. The maximum Gasteiger partial charge on any atom is 0.262 e. The minimum Gasteiger partial charge on any atom is -0.497 e. The minimum absolute atomic E-state index is 0.172. The Kier molecular flexibility index (Phi) is 6.93. The number of nitrogens with zero attached hydrogens (tertiary/aromatic N) is 3. The van der Waals surface area contributed by atoms with Crippen molar-refractivity contribution in [2.75, 3.05) is 27.8 Å². The van der Waals surface area contributed by atoms with Crippen LogP contribution in [-0.2, 0) is 4.79 Å². The van der Waals surface area contributed by atoms with Crippen LogP contribution in [0.15, 0.2) is 65.1 Å². The van der Waals surface area contributed by atoms with E-state index < -0.39 is 17.8 Å². The Morgan fingerprint density at radius 3 is 2.65 bits per heavy atom. The molecule has 0 radical (unpaired) electrons. The van der Waals surface area contributed by atoms with Crippen molar-refractivity contribution in [1.29, 1.82) is 0 Å². The summed E-state index contributed by atoms with van der Waals surface area (Å²) in [5, 5.41) is 7.99. The average Bonchev–Trinajstić information content (AvgIpc) is 3.53. The highest BCUT2D eigenvalue weighted by molar-refractivity contribution is 7.12. The molecule has 0 aliphatic carbocycles. The van der Waals surface area contributed by atoms with Gasteiger partial charge in [0.05, 0.1) is 30.9 Å². The highest BCUT2D eigenvalue weighted by Gasteiger charge is 2.36. The zero-order valence-electron chi connectivity index (χ0n) is 19.0. The van der Waals surface area contributed by atoms with E-state index in [1.54, 1.807) is 37.7 Å². The van der Waals surface area contributed by atoms with Crippen LogP contribution in [0.25, 0.3) is 0 Å². The molecule has 0 N–H and O–H groups in total. The molecule has 9 heteroatoms. The third kappa shape index (κ3) is 4.79. The molecular formula is C25H24FN3O4S. The molecule has 0 saturated carbocycles. The standard InChI is InChI=1S/C25H24FN3O4S/c1-28(25(31)16-6-4-7-17(26)12-16)15-24(30)29-21(14-20(27-29)23-8-5-11-34-23)19-13-18(32-2)9-10-22(19)33-3/h4-13,21H,14-15H2,1-3H3/t21-/m0/s1. The van der Waals surface area contributed by atoms with Crippen LogP contribution in [0.5, 0.6) is 11.5 Å². The van der Waals surface area contributed by atoms with E-state index in [1.165, 1.54) is 35.2 Å². The number of likely N-dealkylation sites (N-methyl/N-ethyl adjacent to an activating group) is 1. The summed E-state index contributed by atoms with van der Waals surface area (Å²) in [5.74, 6) is -0.0965. The quantitative estimate of drug-likeness (QED) is 0.503. The van der Waals surface area contributed by atoms with Crippen molar-refractivity contribution in [3.63, 3.8) is 0 Å². The van der Waals surface area contributed by atoms with Gasteiger partial charge in [-0.25, -0.2) is 9.40 Å². The van der Waals surface area contributed by atoms with Crippen molar-refractivity contribution in [3.8, 4) is 11.5 Å². The summed E-state index contributed by atoms with van der Waals surface area (Å²) in [6.45, 7) is -0.223. The van der Waals surface area contributed by atoms with Crippen molar-refractivity contribution in [2.24, 2.45) is 5.10 Å². The number of carbonyl (C=O) groups excluding carboxylic acids is 2. The van der Waals surface area contributed by atoms with Gasteiger partial charge in [0, 0.05) is 24.6 Å². The van der Waals surface area contributed by atoms with E-state index in [4.69, 9.17) is 9.47 Å². The van der Waals surface area contributed by atoms with Gasteiger partial charge >= 0.3 is 0 Å². The molecule has 1 aliphatic rings. The van der Waals surface area contributed by atoms with E-state index in [-0.39, 0.29) is 18.0 Å². The Balaban J connectivity index is 1.63. The Labute approximate surface area is 201 Å². The maximum atomic E-state index is 13.6. The van der Waals surface area contributed by atoms with E-state index >= 15 is 0 Å². The van der Waals surface area contributed by atoms with Crippen molar-refractivity contribution in [2.45, 2.75) is 12.5 Å². The second-order valence-corrected chi connectivity index (χ2v) is 8.71. The van der Waals surface area contributed by atoms with Gasteiger partial charge in [-0.2, -0.15) is 5.10 Å². The van der Waals surface area contributed by atoms with Crippen LogP contribution in [0.3, 0.4) is 0 Å². The van der Waals surface area contributed by atoms with Gasteiger partial charge in [-0.05, 0) is 47.8 Å². The lowest BCUT2D eigenvalue weighted by Gasteiger charge is -2.26. The molecule has 1 aliphatic heterocycles. The van der Waals surface area contributed by atoms with Crippen LogP contribution in [0.2, 0.25) is 0 Å². The summed E-state index contributed by atoms with van der Waals surface area (Å²) < 4.78 is 24.5. The minimum atomic E-state index is -0.513. The number of hydrogen-bond donors (Lipinski definition) is 0. The van der Waals surface area contributed by atoms with Gasteiger partial charge in [0.2, 0.25) is 0 Å². The number of carbonyl (C=O) groups is 2. The fraction of sp³-hybridized carbons (Fsp3) is 0.240. The van der Waals surface area contributed by atoms with Gasteiger partial charge in [-0.15, -0.1) is 11.3 Å². The van der Waals surface area contributed by atoms with Gasteiger partial charge < -0.3 is 14.4 Å². The van der Waals surface area contributed by atoms with Gasteiger partial charge in [-0.3, -0.25) is 9.59 Å². The maximum absolute atomic E-state index is 13.6. The molecule has 4 rings (SSSR count).